The van der Waals surface area contributed by atoms with Crippen LogP contribution in [0.3, 0.4) is 0 Å². The van der Waals surface area contributed by atoms with Gasteiger partial charge in [0, 0.05) is 24.2 Å². The highest BCUT2D eigenvalue weighted by molar-refractivity contribution is 7.98. The summed E-state index contributed by atoms with van der Waals surface area (Å²) in [5.74, 6) is 1.31. The molecule has 2 rings (SSSR count). The number of nitrogens with one attached hydrogen (secondary N) is 1. The Hall–Kier alpha value is 0.270. The van der Waals surface area contributed by atoms with Crippen molar-refractivity contribution < 1.29 is 0 Å². The number of hydrogen-bond acceptors (Lipinski definition) is 3. The molecule has 0 bridgehead atoms. The average Bonchev–Trinajstić information content (AvgIpc) is 2.91. The molecule has 1 aliphatic heterocycles. The van der Waals surface area contributed by atoms with Crippen LogP contribution in [0.2, 0.25) is 0 Å². The third-order valence-electron chi connectivity index (χ3n) is 5.62. The molecular formula is C16H32N2S. The fourth-order valence-electron chi connectivity index (χ4n) is 4.02. The number of nitrogens with zero attached hydrogens (tertiary/aromatic N) is 1. The molecule has 0 aromatic rings. The zero-order valence-corrected chi connectivity index (χ0v) is 14.0. The molecule has 19 heavy (non-hydrogen) atoms. The Morgan fingerprint density at radius 2 is 1.84 bits per heavy atom. The zero-order valence-electron chi connectivity index (χ0n) is 13.1. The van der Waals surface area contributed by atoms with E-state index in [1.54, 1.807) is 0 Å². The highest BCUT2D eigenvalue weighted by atomic mass is 32.2. The second-order valence-corrected chi connectivity index (χ2v) is 7.53. The topological polar surface area (TPSA) is 15.3 Å². The monoisotopic (exact) mass is 284 g/mol. The molecule has 1 aliphatic carbocycles. The number of piperazine rings is 1. The van der Waals surface area contributed by atoms with Crippen molar-refractivity contribution in [3.05, 3.63) is 0 Å². The summed E-state index contributed by atoms with van der Waals surface area (Å²) < 4.78 is 0. The molecule has 0 aromatic heterocycles. The van der Waals surface area contributed by atoms with Crippen molar-refractivity contribution in [2.75, 3.05) is 31.6 Å². The molecule has 0 aromatic carbocycles. The molecule has 1 N–H and O–H groups in total. The van der Waals surface area contributed by atoms with Crippen molar-refractivity contribution in [3.63, 3.8) is 0 Å². The summed E-state index contributed by atoms with van der Waals surface area (Å²) in [5.41, 5.74) is 0.888. The average molecular weight is 285 g/mol. The van der Waals surface area contributed by atoms with Gasteiger partial charge in [0.2, 0.25) is 0 Å². The van der Waals surface area contributed by atoms with Crippen molar-refractivity contribution in [1.82, 2.24) is 10.2 Å². The first-order valence-electron chi connectivity index (χ1n) is 8.19. The van der Waals surface area contributed by atoms with E-state index in [1.165, 1.54) is 70.3 Å². The van der Waals surface area contributed by atoms with Crippen LogP contribution in [0, 0.1) is 0 Å². The zero-order chi connectivity index (χ0) is 13.8. The SMILES string of the molecule is CCC1(CC)CN(CCCSC)C2(CCCC2)CN1. The minimum Gasteiger partial charge on any atom is -0.308 e. The lowest BCUT2D eigenvalue weighted by Gasteiger charge is -2.53. The van der Waals surface area contributed by atoms with E-state index >= 15 is 0 Å². The molecule has 2 aliphatic rings. The van der Waals surface area contributed by atoms with Crippen LogP contribution >= 0.6 is 11.8 Å². The van der Waals surface area contributed by atoms with Crippen molar-refractivity contribution in [2.24, 2.45) is 0 Å². The van der Waals surface area contributed by atoms with Crippen molar-refractivity contribution in [2.45, 2.75) is 69.9 Å². The van der Waals surface area contributed by atoms with Crippen molar-refractivity contribution >= 4 is 11.8 Å². The van der Waals surface area contributed by atoms with Crippen molar-refractivity contribution in [3.8, 4) is 0 Å². The number of thioether (sulfide) groups is 1. The van der Waals surface area contributed by atoms with E-state index in [4.69, 9.17) is 0 Å². The third-order valence-corrected chi connectivity index (χ3v) is 6.32. The molecule has 1 spiro atoms. The van der Waals surface area contributed by atoms with Crippen molar-refractivity contribution in [1.29, 1.82) is 0 Å². The third kappa shape index (κ3) is 3.30. The lowest BCUT2D eigenvalue weighted by Crippen LogP contribution is -2.69. The van der Waals surface area contributed by atoms with Gasteiger partial charge < -0.3 is 5.32 Å². The van der Waals surface area contributed by atoms with Gasteiger partial charge >= 0.3 is 0 Å². The Bertz CT molecular complexity index is 270. The fraction of sp³-hybridized carbons (Fsp3) is 1.00. The molecule has 1 saturated heterocycles. The first-order chi connectivity index (χ1) is 9.20. The van der Waals surface area contributed by atoms with Crippen LogP contribution in [0.5, 0.6) is 0 Å². The van der Waals surface area contributed by atoms with Crippen LogP contribution in [-0.4, -0.2) is 47.6 Å². The second kappa shape index (κ2) is 6.82. The Morgan fingerprint density at radius 3 is 2.42 bits per heavy atom. The Balaban J connectivity index is 2.05. The van der Waals surface area contributed by atoms with E-state index in [-0.39, 0.29) is 0 Å². The van der Waals surface area contributed by atoms with Gasteiger partial charge in [0.25, 0.3) is 0 Å². The first kappa shape index (κ1) is 15.7. The maximum Gasteiger partial charge on any atom is 0.0334 e. The molecular weight excluding hydrogens is 252 g/mol. The van der Waals surface area contributed by atoms with Gasteiger partial charge in [-0.3, -0.25) is 4.90 Å². The summed E-state index contributed by atoms with van der Waals surface area (Å²) in [7, 11) is 0. The van der Waals surface area contributed by atoms with E-state index in [1.807, 2.05) is 11.8 Å². The smallest absolute Gasteiger partial charge is 0.0334 e. The molecule has 2 fully saturated rings. The van der Waals surface area contributed by atoms with Gasteiger partial charge in [-0.1, -0.05) is 26.7 Å². The maximum absolute atomic E-state index is 3.94. The fourth-order valence-corrected chi connectivity index (χ4v) is 4.44. The van der Waals surface area contributed by atoms with Gasteiger partial charge in [-0.15, -0.1) is 0 Å². The van der Waals surface area contributed by atoms with Gasteiger partial charge in [0.15, 0.2) is 0 Å². The molecule has 0 unspecified atom stereocenters. The highest BCUT2D eigenvalue weighted by Gasteiger charge is 2.46. The maximum atomic E-state index is 3.94. The minimum atomic E-state index is 0.382. The molecule has 112 valence electrons. The normalized spacial score (nSPS) is 26.1. The Labute approximate surface area is 124 Å². The summed E-state index contributed by atoms with van der Waals surface area (Å²) in [6.45, 7) is 8.51. The van der Waals surface area contributed by atoms with E-state index in [0.717, 1.165) is 0 Å². The van der Waals surface area contributed by atoms with Gasteiger partial charge in [-0.05, 0) is 50.7 Å². The molecule has 0 radical (unpaired) electrons. The first-order valence-corrected chi connectivity index (χ1v) is 9.59. The second-order valence-electron chi connectivity index (χ2n) is 6.54. The largest absolute Gasteiger partial charge is 0.308 e. The standard InChI is InChI=1S/C16H32N2S/c1-4-15(5-2)14-18(11-8-12-19-3)16(13-17-15)9-6-7-10-16/h17H,4-14H2,1-3H3. The van der Waals surface area contributed by atoms with E-state index in [9.17, 15) is 0 Å². The van der Waals surface area contributed by atoms with Crippen LogP contribution < -0.4 is 5.32 Å². The summed E-state index contributed by atoms with van der Waals surface area (Å²) in [4.78, 5) is 2.87. The molecule has 1 heterocycles. The molecule has 0 atom stereocenters. The van der Waals surface area contributed by atoms with Gasteiger partial charge in [0.05, 0.1) is 0 Å². The predicted molar refractivity (Wildman–Crippen MR) is 87.1 cm³/mol. The van der Waals surface area contributed by atoms with Gasteiger partial charge in [0.1, 0.15) is 0 Å². The van der Waals surface area contributed by atoms with Crippen LogP contribution in [0.4, 0.5) is 0 Å². The highest BCUT2D eigenvalue weighted by Crippen LogP contribution is 2.39. The lowest BCUT2D eigenvalue weighted by molar-refractivity contribution is 0.00462. The van der Waals surface area contributed by atoms with Gasteiger partial charge in [-0.25, -0.2) is 0 Å². The van der Waals surface area contributed by atoms with E-state index in [2.05, 4.69) is 30.3 Å². The molecule has 3 heteroatoms. The Kier molecular flexibility index (Phi) is 5.62. The van der Waals surface area contributed by atoms with Crippen LogP contribution in [0.25, 0.3) is 0 Å². The van der Waals surface area contributed by atoms with Crippen LogP contribution in [0.15, 0.2) is 0 Å². The van der Waals surface area contributed by atoms with E-state index in [0.29, 0.717) is 11.1 Å². The quantitative estimate of drug-likeness (QED) is 0.751. The molecule has 2 nitrogen and oxygen atoms in total. The van der Waals surface area contributed by atoms with E-state index < -0.39 is 0 Å². The molecule has 1 saturated carbocycles. The summed E-state index contributed by atoms with van der Waals surface area (Å²) >= 11 is 1.99. The number of rotatable bonds is 6. The minimum absolute atomic E-state index is 0.382. The Morgan fingerprint density at radius 1 is 1.16 bits per heavy atom. The predicted octanol–water partition coefficient (Wildman–Crippen LogP) is 3.52. The number of hydrogen-bond donors (Lipinski definition) is 1. The molecule has 0 amide bonds. The van der Waals surface area contributed by atoms with Crippen LogP contribution in [0.1, 0.15) is 58.8 Å². The van der Waals surface area contributed by atoms with Crippen LogP contribution in [-0.2, 0) is 0 Å². The summed E-state index contributed by atoms with van der Waals surface area (Å²) in [6, 6.07) is 0. The summed E-state index contributed by atoms with van der Waals surface area (Å²) in [6.07, 6.45) is 11.8. The lowest BCUT2D eigenvalue weighted by atomic mass is 9.82. The summed E-state index contributed by atoms with van der Waals surface area (Å²) in [5, 5.41) is 3.94. The van der Waals surface area contributed by atoms with Gasteiger partial charge in [-0.2, -0.15) is 11.8 Å².